The lowest BCUT2D eigenvalue weighted by Crippen LogP contribution is -1.99. The molecule has 0 aliphatic rings. The van der Waals surface area contributed by atoms with Crippen LogP contribution in [0.2, 0.25) is 0 Å². The number of hydrogen-bond acceptors (Lipinski definition) is 3. The van der Waals surface area contributed by atoms with Crippen LogP contribution in [0.5, 0.6) is 0 Å². The first kappa shape index (κ1) is 11.3. The molecule has 0 amide bonds. The molecule has 2 aromatic carbocycles. The van der Waals surface area contributed by atoms with E-state index in [1.54, 1.807) is 10.7 Å². The Morgan fingerprint density at radius 1 is 0.842 bits per heavy atom. The lowest BCUT2D eigenvalue weighted by molar-refractivity contribution is 0.881. The zero-order valence-corrected chi connectivity index (χ0v) is 10.3. The first-order valence-electron chi connectivity index (χ1n) is 5.99. The zero-order valence-electron chi connectivity index (χ0n) is 10.3. The molecule has 0 bridgehead atoms. The van der Waals surface area contributed by atoms with Crippen molar-refractivity contribution in [3.8, 4) is 16.8 Å². The third-order valence-electron chi connectivity index (χ3n) is 3.02. The Bertz CT molecular complexity index is 701. The van der Waals surface area contributed by atoms with Crippen LogP contribution in [0.3, 0.4) is 0 Å². The van der Waals surface area contributed by atoms with Crippen molar-refractivity contribution in [2.45, 2.75) is 0 Å². The van der Waals surface area contributed by atoms with Gasteiger partial charge >= 0.3 is 0 Å². The number of rotatable bonds is 2. The Morgan fingerprint density at radius 2 is 1.63 bits per heavy atom. The Kier molecular flexibility index (Phi) is 2.68. The van der Waals surface area contributed by atoms with Gasteiger partial charge in [-0.05, 0) is 23.8 Å². The number of nitrogen functional groups attached to an aromatic ring is 2. The van der Waals surface area contributed by atoms with Gasteiger partial charge in [0.2, 0.25) is 0 Å². The van der Waals surface area contributed by atoms with Crippen molar-refractivity contribution in [3.63, 3.8) is 0 Å². The number of benzene rings is 2. The fourth-order valence-electron chi connectivity index (χ4n) is 1.95. The summed E-state index contributed by atoms with van der Waals surface area (Å²) < 4.78 is 1.79. The number of nitrogens with zero attached hydrogens (tertiary/aromatic N) is 2. The van der Waals surface area contributed by atoms with E-state index in [4.69, 9.17) is 11.5 Å². The molecule has 0 saturated heterocycles. The van der Waals surface area contributed by atoms with E-state index in [0.717, 1.165) is 16.8 Å². The van der Waals surface area contributed by atoms with Gasteiger partial charge in [-0.3, -0.25) is 0 Å². The van der Waals surface area contributed by atoms with Gasteiger partial charge in [-0.25, -0.2) is 4.68 Å². The molecule has 4 nitrogen and oxygen atoms in total. The highest BCUT2D eigenvalue weighted by Gasteiger charge is 2.04. The van der Waals surface area contributed by atoms with E-state index < -0.39 is 0 Å². The topological polar surface area (TPSA) is 69.9 Å². The lowest BCUT2D eigenvalue weighted by Gasteiger charge is -2.04. The average Bonchev–Trinajstić information content (AvgIpc) is 2.93. The van der Waals surface area contributed by atoms with Crippen LogP contribution in [0.25, 0.3) is 16.8 Å². The predicted octanol–water partition coefficient (Wildman–Crippen LogP) is 2.70. The molecule has 1 heterocycles. The quantitative estimate of drug-likeness (QED) is 0.687. The lowest BCUT2D eigenvalue weighted by atomic mass is 10.1. The summed E-state index contributed by atoms with van der Waals surface area (Å²) in [5.74, 6) is 0. The molecule has 4 heteroatoms. The van der Waals surface area contributed by atoms with Crippen molar-refractivity contribution in [2.24, 2.45) is 0 Å². The first-order valence-corrected chi connectivity index (χ1v) is 5.99. The molecule has 94 valence electrons. The molecular formula is C15H14N4. The van der Waals surface area contributed by atoms with Crippen LogP contribution >= 0.6 is 0 Å². The zero-order chi connectivity index (χ0) is 13.2. The second kappa shape index (κ2) is 4.49. The number of hydrogen-bond donors (Lipinski definition) is 2. The van der Waals surface area contributed by atoms with E-state index in [9.17, 15) is 0 Å². The van der Waals surface area contributed by atoms with Gasteiger partial charge in [-0.15, -0.1) is 0 Å². The number of anilines is 2. The molecule has 3 aromatic rings. The monoisotopic (exact) mass is 250 g/mol. The van der Waals surface area contributed by atoms with Crippen molar-refractivity contribution in [2.75, 3.05) is 11.5 Å². The van der Waals surface area contributed by atoms with Crippen LogP contribution < -0.4 is 11.5 Å². The molecule has 19 heavy (non-hydrogen) atoms. The molecule has 0 saturated carbocycles. The predicted molar refractivity (Wildman–Crippen MR) is 77.8 cm³/mol. The van der Waals surface area contributed by atoms with E-state index >= 15 is 0 Å². The molecule has 0 unspecified atom stereocenters. The summed E-state index contributed by atoms with van der Waals surface area (Å²) >= 11 is 0. The Balaban J connectivity index is 1.99. The molecule has 0 spiro atoms. The molecule has 1 aromatic heterocycles. The summed E-state index contributed by atoms with van der Waals surface area (Å²) in [6.07, 6.45) is 3.81. The fourth-order valence-corrected chi connectivity index (χ4v) is 1.95. The summed E-state index contributed by atoms with van der Waals surface area (Å²) in [7, 11) is 0. The summed E-state index contributed by atoms with van der Waals surface area (Å²) in [4.78, 5) is 0. The summed E-state index contributed by atoms with van der Waals surface area (Å²) in [5.41, 5.74) is 15.8. The normalized spacial score (nSPS) is 10.5. The second-order valence-electron chi connectivity index (χ2n) is 4.35. The molecule has 0 aliphatic heterocycles. The summed E-state index contributed by atoms with van der Waals surface area (Å²) in [5, 5.41) is 4.35. The van der Waals surface area contributed by atoms with Crippen molar-refractivity contribution in [1.29, 1.82) is 0 Å². The van der Waals surface area contributed by atoms with E-state index in [0.29, 0.717) is 11.4 Å². The van der Waals surface area contributed by atoms with Gasteiger partial charge in [0, 0.05) is 11.8 Å². The maximum absolute atomic E-state index is 5.81. The van der Waals surface area contributed by atoms with Crippen LogP contribution in [-0.4, -0.2) is 9.78 Å². The van der Waals surface area contributed by atoms with Crippen molar-refractivity contribution in [1.82, 2.24) is 9.78 Å². The molecule has 0 fully saturated rings. The molecule has 0 atom stereocenters. The van der Waals surface area contributed by atoms with Gasteiger partial charge in [0.25, 0.3) is 0 Å². The van der Waals surface area contributed by atoms with Gasteiger partial charge in [0.15, 0.2) is 0 Å². The van der Waals surface area contributed by atoms with E-state index in [1.165, 1.54) is 0 Å². The molecule has 3 rings (SSSR count). The minimum Gasteiger partial charge on any atom is -0.397 e. The molecule has 0 radical (unpaired) electrons. The standard InChI is InChI=1S/C15H14N4/c16-14-7-6-13(8-15(14)17)19-10-12(9-18-19)11-4-2-1-3-5-11/h1-10H,16-17H2. The fraction of sp³-hybridized carbons (Fsp3) is 0. The van der Waals surface area contributed by atoms with Gasteiger partial charge < -0.3 is 11.5 Å². The highest BCUT2D eigenvalue weighted by atomic mass is 15.3. The maximum Gasteiger partial charge on any atom is 0.0667 e. The molecule has 0 aliphatic carbocycles. The van der Waals surface area contributed by atoms with Gasteiger partial charge in [0.05, 0.1) is 23.3 Å². The van der Waals surface area contributed by atoms with Crippen molar-refractivity contribution in [3.05, 3.63) is 60.9 Å². The van der Waals surface area contributed by atoms with Gasteiger partial charge in [-0.1, -0.05) is 30.3 Å². The first-order chi connectivity index (χ1) is 9.24. The third-order valence-corrected chi connectivity index (χ3v) is 3.02. The minimum atomic E-state index is 0.564. The van der Waals surface area contributed by atoms with E-state index in [1.807, 2.05) is 42.7 Å². The molecular weight excluding hydrogens is 236 g/mol. The van der Waals surface area contributed by atoms with Crippen LogP contribution in [-0.2, 0) is 0 Å². The van der Waals surface area contributed by atoms with Crippen molar-refractivity contribution < 1.29 is 0 Å². The smallest absolute Gasteiger partial charge is 0.0667 e. The average molecular weight is 250 g/mol. The van der Waals surface area contributed by atoms with E-state index in [-0.39, 0.29) is 0 Å². The van der Waals surface area contributed by atoms with Crippen LogP contribution in [0, 0.1) is 0 Å². The Hall–Kier alpha value is -2.75. The second-order valence-corrected chi connectivity index (χ2v) is 4.35. The Labute approximate surface area is 111 Å². The Morgan fingerprint density at radius 3 is 2.37 bits per heavy atom. The van der Waals surface area contributed by atoms with Crippen LogP contribution in [0.15, 0.2) is 60.9 Å². The third kappa shape index (κ3) is 2.15. The molecule has 4 N–H and O–H groups in total. The number of aromatic nitrogens is 2. The van der Waals surface area contributed by atoms with Gasteiger partial charge in [0.1, 0.15) is 0 Å². The van der Waals surface area contributed by atoms with Crippen molar-refractivity contribution >= 4 is 11.4 Å². The minimum absolute atomic E-state index is 0.564. The number of nitrogens with two attached hydrogens (primary N) is 2. The van der Waals surface area contributed by atoms with Crippen LogP contribution in [0.1, 0.15) is 0 Å². The summed E-state index contributed by atoms with van der Waals surface area (Å²) in [6, 6.07) is 15.6. The largest absolute Gasteiger partial charge is 0.397 e. The SMILES string of the molecule is Nc1ccc(-n2cc(-c3ccccc3)cn2)cc1N. The van der Waals surface area contributed by atoms with Gasteiger partial charge in [-0.2, -0.15) is 5.10 Å². The van der Waals surface area contributed by atoms with Crippen LogP contribution in [0.4, 0.5) is 11.4 Å². The maximum atomic E-state index is 5.81. The highest BCUT2D eigenvalue weighted by molar-refractivity contribution is 5.67. The van der Waals surface area contributed by atoms with E-state index in [2.05, 4.69) is 17.2 Å². The summed E-state index contributed by atoms with van der Waals surface area (Å²) in [6.45, 7) is 0. The highest BCUT2D eigenvalue weighted by Crippen LogP contribution is 2.22.